The van der Waals surface area contributed by atoms with Crippen LogP contribution in [0.5, 0.6) is 0 Å². The van der Waals surface area contributed by atoms with Crippen LogP contribution in [0.15, 0.2) is 0 Å². The third-order valence-corrected chi connectivity index (χ3v) is 1.10. The molecule has 1 unspecified atom stereocenters. The predicted octanol–water partition coefficient (Wildman–Crippen LogP) is 1.79. The van der Waals surface area contributed by atoms with E-state index in [2.05, 4.69) is 6.42 Å². The van der Waals surface area contributed by atoms with Crippen LogP contribution in [0.25, 0.3) is 0 Å². The van der Waals surface area contributed by atoms with Gasteiger partial charge >= 0.3 is 0 Å². The predicted molar refractivity (Wildman–Crippen MR) is 26.3 cm³/mol. The zero-order chi connectivity index (χ0) is 5.11. The zero-order valence-corrected chi connectivity index (χ0v) is 4.15. The van der Waals surface area contributed by atoms with Gasteiger partial charge in [0.2, 0.25) is 0 Å². The largest absolute Gasteiger partial charge is 0.247 e. The third-order valence-electron chi connectivity index (χ3n) is 1.10. The lowest BCUT2D eigenvalue weighted by atomic mass is 9.99. The van der Waals surface area contributed by atoms with Crippen LogP contribution in [0.1, 0.15) is 19.3 Å². The highest BCUT2D eigenvalue weighted by atomic mass is 19.1. The first-order chi connectivity index (χ1) is 3.39. The highest BCUT2D eigenvalue weighted by molar-refractivity contribution is 4.94. The molecule has 0 nitrogen and oxygen atoms in total. The quantitative estimate of drug-likeness (QED) is 0.434. The first-order valence-corrected chi connectivity index (χ1v) is 2.60. The maximum atomic E-state index is 12.1. The standard InChI is InChI=1S/C6H8F/c7-6-4-2-1-3-5-6/h5-6H,1-2,4H2. The average Bonchev–Trinajstić information content (AvgIpc) is 1.69. The Balaban J connectivity index is 2.12. The van der Waals surface area contributed by atoms with Gasteiger partial charge in [-0.3, -0.25) is 0 Å². The van der Waals surface area contributed by atoms with Gasteiger partial charge in [0.05, 0.1) is 0 Å². The molecule has 0 heterocycles. The van der Waals surface area contributed by atoms with Crippen LogP contribution in [0.3, 0.4) is 0 Å². The molecular weight excluding hydrogens is 91.1 g/mol. The van der Waals surface area contributed by atoms with Gasteiger partial charge in [-0.1, -0.05) is 0 Å². The van der Waals surface area contributed by atoms with Crippen molar-refractivity contribution < 1.29 is 4.39 Å². The molecule has 0 aromatic carbocycles. The second kappa shape index (κ2) is 2.29. The Bertz CT molecular complexity index is 46.1. The van der Waals surface area contributed by atoms with E-state index in [4.69, 9.17) is 0 Å². The molecule has 1 rings (SSSR count). The Kier molecular flexibility index (Phi) is 1.66. The first-order valence-electron chi connectivity index (χ1n) is 2.60. The number of alkyl halides is 1. The van der Waals surface area contributed by atoms with Gasteiger partial charge < -0.3 is 0 Å². The molecule has 0 aliphatic heterocycles. The molecule has 1 aliphatic carbocycles. The van der Waals surface area contributed by atoms with E-state index in [-0.39, 0.29) is 0 Å². The van der Waals surface area contributed by atoms with Gasteiger partial charge in [0.15, 0.2) is 0 Å². The van der Waals surface area contributed by atoms with Crippen LogP contribution in [-0.4, -0.2) is 6.17 Å². The summed E-state index contributed by atoms with van der Waals surface area (Å²) in [5.74, 6) is 0. The van der Waals surface area contributed by atoms with Crippen LogP contribution >= 0.6 is 0 Å². The lowest BCUT2D eigenvalue weighted by molar-refractivity contribution is 0.333. The summed E-state index contributed by atoms with van der Waals surface area (Å²) in [6, 6.07) is 0. The fourth-order valence-electron chi connectivity index (χ4n) is 0.694. The molecule has 1 heteroatoms. The lowest BCUT2D eigenvalue weighted by Gasteiger charge is -2.11. The minimum Gasteiger partial charge on any atom is -0.247 e. The third kappa shape index (κ3) is 1.46. The van der Waals surface area contributed by atoms with Crippen molar-refractivity contribution in [3.8, 4) is 0 Å². The van der Waals surface area contributed by atoms with Gasteiger partial charge in [0, 0.05) is 6.42 Å². The highest BCUT2D eigenvalue weighted by Gasteiger charge is 2.10. The molecule has 0 aromatic heterocycles. The molecule has 1 fully saturated rings. The molecule has 0 aromatic rings. The fourth-order valence-corrected chi connectivity index (χ4v) is 0.694. The smallest absolute Gasteiger partial charge is 0.104 e. The molecule has 1 aliphatic rings. The Labute approximate surface area is 43.7 Å². The molecule has 0 bridgehead atoms. The molecule has 0 amide bonds. The minimum atomic E-state index is -0.700. The fraction of sp³-hybridized carbons (Fsp3) is 0.667. The topological polar surface area (TPSA) is 0 Å². The summed E-state index contributed by atoms with van der Waals surface area (Å²) < 4.78 is 12.1. The van der Waals surface area contributed by atoms with Gasteiger partial charge in [-0.2, -0.15) is 0 Å². The average molecular weight is 99.1 g/mol. The Morgan fingerprint density at radius 3 is 2.86 bits per heavy atom. The molecule has 7 heavy (non-hydrogen) atoms. The summed E-state index contributed by atoms with van der Waals surface area (Å²) in [6.07, 6.45) is 6.27. The van der Waals surface area contributed by atoms with Crippen molar-refractivity contribution in [3.05, 3.63) is 12.8 Å². The van der Waals surface area contributed by atoms with E-state index in [0.29, 0.717) is 6.42 Å². The summed E-state index contributed by atoms with van der Waals surface area (Å²) in [6.45, 7) is 0. The number of rotatable bonds is 0. The van der Waals surface area contributed by atoms with Gasteiger partial charge in [-0.05, 0) is 25.7 Å². The molecule has 3 radical (unpaired) electrons. The molecule has 1 atom stereocenters. The van der Waals surface area contributed by atoms with Crippen LogP contribution in [0.4, 0.5) is 4.39 Å². The summed E-state index contributed by atoms with van der Waals surface area (Å²) in [5, 5.41) is 0. The molecule has 0 spiro atoms. The van der Waals surface area contributed by atoms with E-state index in [1.54, 1.807) is 0 Å². The van der Waals surface area contributed by atoms with E-state index >= 15 is 0 Å². The van der Waals surface area contributed by atoms with Crippen molar-refractivity contribution in [2.24, 2.45) is 0 Å². The normalized spacial score (nSPS) is 25.3. The van der Waals surface area contributed by atoms with Gasteiger partial charge in [0.25, 0.3) is 0 Å². The molecular formula is C6H8F. The van der Waals surface area contributed by atoms with Gasteiger partial charge in [0.1, 0.15) is 6.17 Å². The van der Waals surface area contributed by atoms with E-state index in [0.717, 1.165) is 12.8 Å². The Morgan fingerprint density at radius 2 is 2.57 bits per heavy atom. The van der Waals surface area contributed by atoms with Gasteiger partial charge in [-0.15, -0.1) is 0 Å². The van der Waals surface area contributed by atoms with Crippen molar-refractivity contribution in [1.82, 2.24) is 0 Å². The lowest BCUT2D eigenvalue weighted by Crippen LogP contribution is -2.06. The number of hydrogen-bond donors (Lipinski definition) is 0. The van der Waals surface area contributed by atoms with E-state index in [1.807, 2.05) is 0 Å². The summed E-state index contributed by atoms with van der Waals surface area (Å²) in [7, 11) is 0. The Morgan fingerprint density at radius 1 is 1.71 bits per heavy atom. The maximum absolute atomic E-state index is 12.1. The van der Waals surface area contributed by atoms with Crippen LogP contribution in [-0.2, 0) is 0 Å². The monoisotopic (exact) mass is 99.1 g/mol. The summed E-state index contributed by atoms with van der Waals surface area (Å²) in [4.78, 5) is 0. The van der Waals surface area contributed by atoms with E-state index in [1.165, 1.54) is 6.42 Å². The van der Waals surface area contributed by atoms with Crippen LogP contribution in [0.2, 0.25) is 0 Å². The molecule has 0 saturated heterocycles. The second-order valence-electron chi connectivity index (χ2n) is 1.78. The second-order valence-corrected chi connectivity index (χ2v) is 1.78. The van der Waals surface area contributed by atoms with E-state index in [9.17, 15) is 4.39 Å². The number of hydrogen-bond acceptors (Lipinski definition) is 0. The molecule has 1 saturated carbocycles. The maximum Gasteiger partial charge on any atom is 0.104 e. The summed E-state index contributed by atoms with van der Waals surface area (Å²) in [5.41, 5.74) is 0. The van der Waals surface area contributed by atoms with Crippen LogP contribution in [0, 0.1) is 12.8 Å². The van der Waals surface area contributed by atoms with E-state index < -0.39 is 6.17 Å². The first kappa shape index (κ1) is 5.07. The molecule has 39 valence electrons. The highest BCUT2D eigenvalue weighted by Crippen LogP contribution is 2.17. The van der Waals surface area contributed by atoms with Crippen molar-refractivity contribution in [1.29, 1.82) is 0 Å². The zero-order valence-electron chi connectivity index (χ0n) is 4.15. The number of halogens is 1. The van der Waals surface area contributed by atoms with Crippen molar-refractivity contribution in [2.75, 3.05) is 0 Å². The molecule has 0 N–H and O–H groups in total. The van der Waals surface area contributed by atoms with Gasteiger partial charge in [-0.25, -0.2) is 4.39 Å². The minimum absolute atomic E-state index is 0.700. The van der Waals surface area contributed by atoms with Crippen molar-refractivity contribution in [3.63, 3.8) is 0 Å². The van der Waals surface area contributed by atoms with Crippen molar-refractivity contribution in [2.45, 2.75) is 25.4 Å². The summed E-state index contributed by atoms with van der Waals surface area (Å²) >= 11 is 0. The van der Waals surface area contributed by atoms with Crippen molar-refractivity contribution >= 4 is 0 Å². The SMILES string of the molecule is FC1[CH][C]CCC1. The Hall–Kier alpha value is -0.0700. The van der Waals surface area contributed by atoms with Crippen LogP contribution < -0.4 is 0 Å².